The van der Waals surface area contributed by atoms with Crippen LogP contribution >= 0.6 is 0 Å². The van der Waals surface area contributed by atoms with Crippen LogP contribution < -0.4 is 5.32 Å². The van der Waals surface area contributed by atoms with Gasteiger partial charge in [-0.3, -0.25) is 0 Å². The van der Waals surface area contributed by atoms with Gasteiger partial charge in [0.25, 0.3) is 0 Å². The highest BCUT2D eigenvalue weighted by Gasteiger charge is 2.13. The first-order valence-corrected chi connectivity index (χ1v) is 6.26. The first kappa shape index (κ1) is 12.0. The van der Waals surface area contributed by atoms with Gasteiger partial charge in [-0.2, -0.15) is 0 Å². The van der Waals surface area contributed by atoms with Gasteiger partial charge in [-0.25, -0.2) is 0 Å². The molecule has 0 aromatic carbocycles. The third-order valence-corrected chi connectivity index (χ3v) is 2.87. The molecule has 2 nitrogen and oxygen atoms in total. The number of rotatable bonds is 8. The number of hydrogen-bond donors (Lipinski definition) is 1. The Balaban J connectivity index is 1.75. The number of hydrogen-bond acceptors (Lipinski definition) is 2. The second-order valence-electron chi connectivity index (χ2n) is 4.25. The molecule has 0 aromatic rings. The van der Waals surface area contributed by atoms with Gasteiger partial charge >= 0.3 is 0 Å². The molecule has 0 bridgehead atoms. The molecule has 1 aliphatic rings. The molecule has 1 N–H and O–H groups in total. The zero-order chi connectivity index (χ0) is 10.1. The highest BCUT2D eigenvalue weighted by molar-refractivity contribution is 4.70. The maximum absolute atomic E-state index is 5.75. The van der Waals surface area contributed by atoms with Crippen LogP contribution in [0, 0.1) is 0 Å². The average molecular weight is 199 g/mol. The molecule has 2 heteroatoms. The van der Waals surface area contributed by atoms with Gasteiger partial charge in [0.05, 0.1) is 6.10 Å². The van der Waals surface area contributed by atoms with Crippen molar-refractivity contribution in [3.05, 3.63) is 0 Å². The molecule has 1 unspecified atom stereocenters. The lowest BCUT2D eigenvalue weighted by atomic mass is 10.1. The quantitative estimate of drug-likeness (QED) is 0.607. The summed E-state index contributed by atoms with van der Waals surface area (Å²) >= 11 is 0. The highest BCUT2D eigenvalue weighted by atomic mass is 16.5. The highest BCUT2D eigenvalue weighted by Crippen LogP contribution is 2.07. The van der Waals surface area contributed by atoms with Gasteiger partial charge in [0.15, 0.2) is 0 Å². The molecule has 1 heterocycles. The van der Waals surface area contributed by atoms with Crippen LogP contribution in [0.25, 0.3) is 0 Å². The Hall–Kier alpha value is -0.0800. The SMILES string of the molecule is CCCCCCCCOC1CCNC1. The van der Waals surface area contributed by atoms with Gasteiger partial charge in [0.2, 0.25) is 0 Å². The second kappa shape index (κ2) is 8.25. The van der Waals surface area contributed by atoms with E-state index >= 15 is 0 Å². The number of ether oxygens (including phenoxy) is 1. The molecule has 0 spiro atoms. The van der Waals surface area contributed by atoms with E-state index in [2.05, 4.69) is 12.2 Å². The van der Waals surface area contributed by atoms with E-state index in [0.717, 1.165) is 19.7 Å². The van der Waals surface area contributed by atoms with Crippen molar-refractivity contribution in [2.45, 2.75) is 58.0 Å². The summed E-state index contributed by atoms with van der Waals surface area (Å²) < 4.78 is 5.75. The maximum Gasteiger partial charge on any atom is 0.0711 e. The Morgan fingerprint density at radius 2 is 1.93 bits per heavy atom. The molecule has 0 saturated carbocycles. The van der Waals surface area contributed by atoms with Crippen molar-refractivity contribution in [3.63, 3.8) is 0 Å². The molecule has 1 fully saturated rings. The topological polar surface area (TPSA) is 21.3 Å². The van der Waals surface area contributed by atoms with Crippen molar-refractivity contribution in [2.24, 2.45) is 0 Å². The number of unbranched alkanes of at least 4 members (excludes halogenated alkanes) is 5. The zero-order valence-corrected chi connectivity index (χ0v) is 9.56. The van der Waals surface area contributed by atoms with Crippen LogP contribution in [0.3, 0.4) is 0 Å². The summed E-state index contributed by atoms with van der Waals surface area (Å²) in [7, 11) is 0. The molecule has 0 aromatic heterocycles. The Labute approximate surface area is 88.4 Å². The molecule has 0 radical (unpaired) electrons. The summed E-state index contributed by atoms with van der Waals surface area (Å²) in [5.41, 5.74) is 0. The van der Waals surface area contributed by atoms with E-state index in [4.69, 9.17) is 4.74 Å². The van der Waals surface area contributed by atoms with Crippen molar-refractivity contribution < 1.29 is 4.74 Å². The lowest BCUT2D eigenvalue weighted by Crippen LogP contribution is -2.17. The summed E-state index contributed by atoms with van der Waals surface area (Å²) in [6, 6.07) is 0. The van der Waals surface area contributed by atoms with Crippen LogP contribution in [0.15, 0.2) is 0 Å². The Kier molecular flexibility index (Phi) is 7.06. The summed E-state index contributed by atoms with van der Waals surface area (Å²) in [6.07, 6.45) is 9.83. The molecule has 84 valence electrons. The third-order valence-electron chi connectivity index (χ3n) is 2.87. The largest absolute Gasteiger partial charge is 0.377 e. The standard InChI is InChI=1S/C12H25NO/c1-2-3-4-5-6-7-10-14-12-8-9-13-11-12/h12-13H,2-11H2,1H3. The second-order valence-corrected chi connectivity index (χ2v) is 4.25. The van der Waals surface area contributed by atoms with Gasteiger partial charge in [0, 0.05) is 13.2 Å². The molecule has 1 atom stereocenters. The first-order chi connectivity index (χ1) is 6.93. The van der Waals surface area contributed by atoms with Gasteiger partial charge in [-0.1, -0.05) is 39.0 Å². The molecule has 0 amide bonds. The van der Waals surface area contributed by atoms with E-state index in [1.807, 2.05) is 0 Å². The van der Waals surface area contributed by atoms with Gasteiger partial charge < -0.3 is 10.1 Å². The molecular formula is C12H25NO. The monoisotopic (exact) mass is 199 g/mol. The molecule has 0 aliphatic carbocycles. The normalized spacial score (nSPS) is 21.6. The van der Waals surface area contributed by atoms with E-state index in [9.17, 15) is 0 Å². The van der Waals surface area contributed by atoms with Crippen molar-refractivity contribution in [1.82, 2.24) is 5.32 Å². The number of nitrogens with one attached hydrogen (secondary N) is 1. The van der Waals surface area contributed by atoms with Gasteiger partial charge in [-0.15, -0.1) is 0 Å². The van der Waals surface area contributed by atoms with E-state index in [1.165, 1.54) is 44.9 Å². The van der Waals surface area contributed by atoms with E-state index in [1.54, 1.807) is 0 Å². The third kappa shape index (κ3) is 5.61. The average Bonchev–Trinajstić information content (AvgIpc) is 2.69. The van der Waals surface area contributed by atoms with Crippen LogP contribution in [0.1, 0.15) is 51.9 Å². The van der Waals surface area contributed by atoms with Crippen LogP contribution in [0.2, 0.25) is 0 Å². The molecule has 14 heavy (non-hydrogen) atoms. The van der Waals surface area contributed by atoms with Crippen molar-refractivity contribution in [1.29, 1.82) is 0 Å². The Morgan fingerprint density at radius 1 is 1.14 bits per heavy atom. The summed E-state index contributed by atoms with van der Waals surface area (Å²) in [4.78, 5) is 0. The summed E-state index contributed by atoms with van der Waals surface area (Å²) in [5, 5.41) is 3.32. The maximum atomic E-state index is 5.75. The minimum Gasteiger partial charge on any atom is -0.377 e. The smallest absolute Gasteiger partial charge is 0.0711 e. The lowest BCUT2D eigenvalue weighted by molar-refractivity contribution is 0.0641. The van der Waals surface area contributed by atoms with E-state index < -0.39 is 0 Å². The van der Waals surface area contributed by atoms with E-state index in [-0.39, 0.29) is 0 Å². The predicted molar refractivity (Wildman–Crippen MR) is 60.6 cm³/mol. The van der Waals surface area contributed by atoms with Crippen LogP contribution in [0.4, 0.5) is 0 Å². The molecular weight excluding hydrogens is 174 g/mol. The predicted octanol–water partition coefficient (Wildman–Crippen LogP) is 2.73. The fraction of sp³-hybridized carbons (Fsp3) is 1.00. The summed E-state index contributed by atoms with van der Waals surface area (Å²) in [6.45, 7) is 5.44. The lowest BCUT2D eigenvalue weighted by Gasteiger charge is -2.09. The molecule has 1 rings (SSSR count). The van der Waals surface area contributed by atoms with Crippen LogP contribution in [0.5, 0.6) is 0 Å². The first-order valence-electron chi connectivity index (χ1n) is 6.26. The van der Waals surface area contributed by atoms with Crippen molar-refractivity contribution in [3.8, 4) is 0 Å². The molecule has 1 saturated heterocycles. The molecule has 1 aliphatic heterocycles. The Bertz CT molecular complexity index is 121. The van der Waals surface area contributed by atoms with E-state index in [0.29, 0.717) is 6.10 Å². The fourth-order valence-corrected chi connectivity index (χ4v) is 1.90. The Morgan fingerprint density at radius 3 is 2.64 bits per heavy atom. The van der Waals surface area contributed by atoms with Crippen molar-refractivity contribution in [2.75, 3.05) is 19.7 Å². The van der Waals surface area contributed by atoms with Gasteiger partial charge in [0.1, 0.15) is 0 Å². The van der Waals surface area contributed by atoms with Crippen molar-refractivity contribution >= 4 is 0 Å². The fourth-order valence-electron chi connectivity index (χ4n) is 1.90. The van der Waals surface area contributed by atoms with Gasteiger partial charge in [-0.05, 0) is 19.4 Å². The van der Waals surface area contributed by atoms with Crippen LogP contribution in [-0.2, 0) is 4.74 Å². The minimum absolute atomic E-state index is 0.505. The van der Waals surface area contributed by atoms with Crippen LogP contribution in [-0.4, -0.2) is 25.8 Å². The minimum atomic E-state index is 0.505. The summed E-state index contributed by atoms with van der Waals surface area (Å²) in [5.74, 6) is 0. The zero-order valence-electron chi connectivity index (χ0n) is 9.56.